The van der Waals surface area contributed by atoms with E-state index in [4.69, 9.17) is 11.6 Å². The summed E-state index contributed by atoms with van der Waals surface area (Å²) in [5, 5.41) is 3.74. The molecule has 3 aromatic carbocycles. The molecule has 4 nitrogen and oxygen atoms in total. The van der Waals surface area contributed by atoms with Crippen LogP contribution in [0.2, 0.25) is 5.02 Å². The van der Waals surface area contributed by atoms with Gasteiger partial charge in [-0.25, -0.2) is 0 Å². The largest absolute Gasteiger partial charge is 0.352 e. The lowest BCUT2D eigenvalue weighted by molar-refractivity contribution is -0.141. The Morgan fingerprint density at radius 2 is 1.51 bits per heavy atom. The van der Waals surface area contributed by atoms with Gasteiger partial charge in [-0.15, -0.1) is 0 Å². The molecule has 1 N–H and O–H groups in total. The number of aryl methyl sites for hydroxylation is 2. The standard InChI is InChI=1S/C30H35ClN2O2/c1-5-23(4)32-30(35)28(18-24-9-7-6-8-10-24)33(20-25-11-13-27(31)14-12-25)29(34)19-26-16-21(2)15-22(3)17-26/h6-17,23,28H,5,18-20H2,1-4H3,(H,32,35)/t23-,28-/m0/s1. The van der Waals surface area contributed by atoms with Crippen LogP contribution in [-0.2, 0) is 29.0 Å². The molecule has 0 aromatic heterocycles. The van der Waals surface area contributed by atoms with E-state index in [1.165, 1.54) is 0 Å². The summed E-state index contributed by atoms with van der Waals surface area (Å²) in [6.07, 6.45) is 1.49. The molecule has 0 aliphatic heterocycles. The van der Waals surface area contributed by atoms with Crippen LogP contribution in [0.1, 0.15) is 48.1 Å². The van der Waals surface area contributed by atoms with Crippen LogP contribution in [0.25, 0.3) is 0 Å². The Hall–Kier alpha value is -3.11. The van der Waals surface area contributed by atoms with Crippen LogP contribution < -0.4 is 5.32 Å². The number of carbonyl (C=O) groups is 2. The van der Waals surface area contributed by atoms with Crippen molar-refractivity contribution >= 4 is 23.4 Å². The summed E-state index contributed by atoms with van der Waals surface area (Å²) in [5.41, 5.74) is 5.13. The first-order valence-corrected chi connectivity index (χ1v) is 12.6. The topological polar surface area (TPSA) is 49.4 Å². The monoisotopic (exact) mass is 490 g/mol. The molecule has 0 spiro atoms. The molecular formula is C30H35ClN2O2. The molecule has 35 heavy (non-hydrogen) atoms. The van der Waals surface area contributed by atoms with Crippen molar-refractivity contribution in [1.82, 2.24) is 10.2 Å². The Labute approximate surface area is 214 Å². The molecular weight excluding hydrogens is 456 g/mol. The van der Waals surface area contributed by atoms with Crippen molar-refractivity contribution in [3.63, 3.8) is 0 Å². The van der Waals surface area contributed by atoms with Crippen molar-refractivity contribution in [1.29, 1.82) is 0 Å². The second-order valence-electron chi connectivity index (χ2n) is 9.34. The number of hydrogen-bond donors (Lipinski definition) is 1. The van der Waals surface area contributed by atoms with E-state index in [0.29, 0.717) is 18.0 Å². The molecule has 0 saturated carbocycles. The number of halogens is 1. The highest BCUT2D eigenvalue weighted by atomic mass is 35.5. The first-order valence-electron chi connectivity index (χ1n) is 12.2. The maximum Gasteiger partial charge on any atom is 0.243 e. The lowest BCUT2D eigenvalue weighted by Crippen LogP contribution is -2.52. The highest BCUT2D eigenvalue weighted by molar-refractivity contribution is 6.30. The van der Waals surface area contributed by atoms with Crippen LogP contribution in [0.5, 0.6) is 0 Å². The number of amides is 2. The molecule has 3 rings (SSSR count). The van der Waals surface area contributed by atoms with E-state index >= 15 is 0 Å². The van der Waals surface area contributed by atoms with Gasteiger partial charge in [0.1, 0.15) is 6.04 Å². The van der Waals surface area contributed by atoms with Gasteiger partial charge in [0.25, 0.3) is 0 Å². The molecule has 5 heteroatoms. The van der Waals surface area contributed by atoms with Crippen LogP contribution in [0.4, 0.5) is 0 Å². The van der Waals surface area contributed by atoms with Crippen molar-refractivity contribution < 1.29 is 9.59 Å². The number of carbonyl (C=O) groups excluding carboxylic acids is 2. The Morgan fingerprint density at radius 1 is 0.886 bits per heavy atom. The predicted octanol–water partition coefficient (Wildman–Crippen LogP) is 6.05. The summed E-state index contributed by atoms with van der Waals surface area (Å²) < 4.78 is 0. The van der Waals surface area contributed by atoms with E-state index in [0.717, 1.165) is 34.2 Å². The van der Waals surface area contributed by atoms with Gasteiger partial charge >= 0.3 is 0 Å². The molecule has 0 saturated heterocycles. The maximum atomic E-state index is 13.8. The summed E-state index contributed by atoms with van der Waals surface area (Å²) in [6, 6.07) is 22.9. The first kappa shape index (κ1) is 26.5. The molecule has 2 atom stereocenters. The van der Waals surface area contributed by atoms with Gasteiger partial charge in [-0.05, 0) is 56.0 Å². The molecule has 0 bridgehead atoms. The van der Waals surface area contributed by atoms with E-state index in [1.807, 2.05) is 94.4 Å². The molecule has 0 aliphatic rings. The highest BCUT2D eigenvalue weighted by Crippen LogP contribution is 2.19. The Kier molecular flexibility index (Phi) is 9.50. The van der Waals surface area contributed by atoms with Crippen LogP contribution in [0.15, 0.2) is 72.8 Å². The maximum absolute atomic E-state index is 13.8. The number of benzene rings is 3. The molecule has 2 amide bonds. The second-order valence-corrected chi connectivity index (χ2v) is 9.78. The average Bonchev–Trinajstić information content (AvgIpc) is 2.82. The van der Waals surface area contributed by atoms with E-state index in [2.05, 4.69) is 11.4 Å². The van der Waals surface area contributed by atoms with Gasteiger partial charge in [-0.3, -0.25) is 9.59 Å². The van der Waals surface area contributed by atoms with Crippen LogP contribution >= 0.6 is 11.6 Å². The molecule has 3 aromatic rings. The van der Waals surface area contributed by atoms with Crippen molar-refractivity contribution in [2.45, 2.75) is 65.6 Å². The lowest BCUT2D eigenvalue weighted by Gasteiger charge is -2.32. The summed E-state index contributed by atoms with van der Waals surface area (Å²) in [6.45, 7) is 8.41. The third kappa shape index (κ3) is 7.97. The minimum absolute atomic E-state index is 0.0210. The van der Waals surface area contributed by atoms with Gasteiger partial charge < -0.3 is 10.2 Å². The van der Waals surface area contributed by atoms with Crippen molar-refractivity contribution in [2.75, 3.05) is 0 Å². The smallest absolute Gasteiger partial charge is 0.243 e. The SMILES string of the molecule is CC[C@H](C)NC(=O)[C@H](Cc1ccccc1)N(Cc1ccc(Cl)cc1)C(=O)Cc1cc(C)cc(C)c1. The van der Waals surface area contributed by atoms with Gasteiger partial charge in [0, 0.05) is 24.0 Å². The number of rotatable bonds is 10. The molecule has 0 fully saturated rings. The summed E-state index contributed by atoms with van der Waals surface area (Å²) in [7, 11) is 0. The zero-order chi connectivity index (χ0) is 25.4. The van der Waals surface area contributed by atoms with Gasteiger partial charge in [0.05, 0.1) is 6.42 Å². The van der Waals surface area contributed by atoms with Crippen LogP contribution in [-0.4, -0.2) is 28.8 Å². The van der Waals surface area contributed by atoms with E-state index in [1.54, 1.807) is 4.90 Å². The quantitative estimate of drug-likeness (QED) is 0.376. The molecule has 0 aliphatic carbocycles. The van der Waals surface area contributed by atoms with E-state index < -0.39 is 6.04 Å². The molecule has 0 radical (unpaired) electrons. The zero-order valence-electron chi connectivity index (χ0n) is 21.1. The Bertz CT molecular complexity index is 1110. The van der Waals surface area contributed by atoms with Gasteiger partial charge in [0.2, 0.25) is 11.8 Å². The molecule has 0 heterocycles. The van der Waals surface area contributed by atoms with Gasteiger partial charge in [0.15, 0.2) is 0 Å². The van der Waals surface area contributed by atoms with Crippen molar-refractivity contribution in [3.8, 4) is 0 Å². The summed E-state index contributed by atoms with van der Waals surface area (Å²) >= 11 is 6.10. The predicted molar refractivity (Wildman–Crippen MR) is 143 cm³/mol. The number of nitrogens with one attached hydrogen (secondary N) is 1. The molecule has 184 valence electrons. The minimum atomic E-state index is -0.638. The van der Waals surface area contributed by atoms with Crippen LogP contribution in [0.3, 0.4) is 0 Å². The summed E-state index contributed by atoms with van der Waals surface area (Å²) in [4.78, 5) is 29.1. The third-order valence-electron chi connectivity index (χ3n) is 6.18. The van der Waals surface area contributed by atoms with E-state index in [9.17, 15) is 9.59 Å². The van der Waals surface area contributed by atoms with Gasteiger partial charge in [-0.1, -0.05) is 90.3 Å². The second kappa shape index (κ2) is 12.6. The van der Waals surface area contributed by atoms with Crippen LogP contribution in [0, 0.1) is 13.8 Å². The van der Waals surface area contributed by atoms with Crippen molar-refractivity contribution in [2.24, 2.45) is 0 Å². The number of nitrogens with zero attached hydrogens (tertiary/aromatic N) is 1. The fourth-order valence-electron chi connectivity index (χ4n) is 4.23. The Morgan fingerprint density at radius 3 is 2.11 bits per heavy atom. The fourth-order valence-corrected chi connectivity index (χ4v) is 4.35. The van der Waals surface area contributed by atoms with Gasteiger partial charge in [-0.2, -0.15) is 0 Å². The van der Waals surface area contributed by atoms with Crippen molar-refractivity contribution in [3.05, 3.63) is 106 Å². The lowest BCUT2D eigenvalue weighted by atomic mass is 10.00. The first-order chi connectivity index (χ1) is 16.7. The average molecular weight is 491 g/mol. The molecule has 0 unspecified atom stereocenters. The Balaban J connectivity index is 1.98. The zero-order valence-corrected chi connectivity index (χ0v) is 21.8. The minimum Gasteiger partial charge on any atom is -0.352 e. The third-order valence-corrected chi connectivity index (χ3v) is 6.43. The number of hydrogen-bond acceptors (Lipinski definition) is 2. The normalized spacial score (nSPS) is 12.6. The van der Waals surface area contributed by atoms with E-state index in [-0.39, 0.29) is 24.3 Å². The summed E-state index contributed by atoms with van der Waals surface area (Å²) in [5.74, 6) is -0.212. The fraction of sp³-hybridized carbons (Fsp3) is 0.333. The highest BCUT2D eigenvalue weighted by Gasteiger charge is 2.31.